The second kappa shape index (κ2) is 7.81. The molecule has 0 amide bonds. The van der Waals surface area contributed by atoms with Crippen molar-refractivity contribution in [2.24, 2.45) is 0 Å². The van der Waals surface area contributed by atoms with Crippen LogP contribution in [-0.4, -0.2) is 43.3 Å². The molecule has 2 N–H and O–H groups in total. The molecule has 0 bridgehead atoms. The third-order valence-corrected chi connectivity index (χ3v) is 5.27. The second-order valence-corrected chi connectivity index (χ2v) is 8.77. The molecule has 0 aromatic heterocycles. The van der Waals surface area contributed by atoms with Gasteiger partial charge in [0.05, 0.1) is 4.92 Å². The lowest BCUT2D eigenvalue weighted by atomic mass is 10.1. The number of benzene rings is 1. The molecular formula is C16H21N3O8S. The van der Waals surface area contributed by atoms with Gasteiger partial charge in [0, 0.05) is 6.07 Å². The number of nitrogens with zero attached hydrogens (tertiary/aromatic N) is 1. The summed E-state index contributed by atoms with van der Waals surface area (Å²) in [5.74, 6) is -1.21. The van der Waals surface area contributed by atoms with Gasteiger partial charge < -0.3 is 9.47 Å². The van der Waals surface area contributed by atoms with E-state index in [9.17, 15) is 28.1 Å². The van der Waals surface area contributed by atoms with Gasteiger partial charge in [-0.1, -0.05) is 12.1 Å². The predicted octanol–water partition coefficient (Wildman–Crippen LogP) is 1.43. The molecular weight excluding hydrogens is 394 g/mol. The first-order chi connectivity index (χ1) is 12.9. The first-order valence-corrected chi connectivity index (χ1v) is 9.82. The first-order valence-electron chi connectivity index (χ1n) is 8.34. The molecule has 12 heteroatoms. The van der Waals surface area contributed by atoms with Crippen molar-refractivity contribution in [1.82, 2.24) is 10.0 Å². The SMILES string of the molecule is CC(C)(C)OC(=O)OC(=O)[C@]1(NS(=O)(=O)c2ccccc2[N+](=O)[O-])CCCN1. The smallest absolute Gasteiger partial charge is 0.428 e. The van der Waals surface area contributed by atoms with Crippen molar-refractivity contribution in [2.45, 2.75) is 49.8 Å². The van der Waals surface area contributed by atoms with Crippen LogP contribution in [-0.2, 0) is 24.3 Å². The van der Waals surface area contributed by atoms with Crippen LogP contribution in [0.3, 0.4) is 0 Å². The maximum Gasteiger partial charge on any atom is 0.516 e. The minimum atomic E-state index is -4.50. The number of ether oxygens (including phenoxy) is 2. The summed E-state index contributed by atoms with van der Waals surface area (Å²) in [4.78, 5) is 34.0. The van der Waals surface area contributed by atoms with Crippen molar-refractivity contribution in [3.63, 3.8) is 0 Å². The summed E-state index contributed by atoms with van der Waals surface area (Å²) >= 11 is 0. The number of hydrogen-bond donors (Lipinski definition) is 2. The molecule has 0 unspecified atom stereocenters. The Morgan fingerprint density at radius 3 is 2.46 bits per heavy atom. The maximum atomic E-state index is 12.8. The maximum absolute atomic E-state index is 12.8. The average molecular weight is 415 g/mol. The van der Waals surface area contributed by atoms with Gasteiger partial charge in [-0.3, -0.25) is 15.4 Å². The normalized spacial score (nSPS) is 19.8. The van der Waals surface area contributed by atoms with Crippen LogP contribution in [0.4, 0.5) is 10.5 Å². The number of para-hydroxylation sites is 1. The number of nitrogens with one attached hydrogen (secondary N) is 2. The van der Waals surface area contributed by atoms with Crippen molar-refractivity contribution >= 4 is 27.8 Å². The van der Waals surface area contributed by atoms with Gasteiger partial charge in [-0.15, -0.1) is 0 Å². The van der Waals surface area contributed by atoms with E-state index in [0.717, 1.165) is 12.1 Å². The van der Waals surface area contributed by atoms with E-state index in [4.69, 9.17) is 4.74 Å². The Kier molecular flexibility index (Phi) is 6.06. The number of esters is 1. The van der Waals surface area contributed by atoms with Crippen molar-refractivity contribution < 1.29 is 32.4 Å². The Morgan fingerprint density at radius 2 is 1.93 bits per heavy atom. The summed E-state index contributed by atoms with van der Waals surface area (Å²) in [6.45, 7) is 4.97. The standard InChI is InChI=1S/C16H21N3O8S/c1-15(2,3)27-14(21)26-13(20)16(9-6-10-17-16)18-28(24,25)12-8-5-4-7-11(12)19(22)23/h4-5,7-8,17-18H,6,9-10H2,1-3H3/t16-/m1/s1. The van der Waals surface area contributed by atoms with Crippen LogP contribution < -0.4 is 10.0 Å². The van der Waals surface area contributed by atoms with Gasteiger partial charge in [-0.05, 0) is 46.2 Å². The van der Waals surface area contributed by atoms with Gasteiger partial charge in [0.2, 0.25) is 10.0 Å². The Labute approximate surface area is 161 Å². The number of nitro groups is 1. The van der Waals surface area contributed by atoms with Crippen molar-refractivity contribution in [3.8, 4) is 0 Å². The fourth-order valence-electron chi connectivity index (χ4n) is 2.60. The summed E-state index contributed by atoms with van der Waals surface area (Å²) in [5.41, 5.74) is -3.51. The molecule has 1 atom stereocenters. The lowest BCUT2D eigenvalue weighted by Crippen LogP contribution is -2.61. The highest BCUT2D eigenvalue weighted by molar-refractivity contribution is 7.89. The van der Waals surface area contributed by atoms with Crippen molar-refractivity contribution in [2.75, 3.05) is 6.54 Å². The molecule has 1 aliphatic rings. The second-order valence-electron chi connectivity index (χ2n) is 7.12. The fourth-order valence-corrected chi connectivity index (χ4v) is 4.10. The predicted molar refractivity (Wildman–Crippen MR) is 95.7 cm³/mol. The van der Waals surface area contributed by atoms with E-state index in [2.05, 4.69) is 14.8 Å². The van der Waals surface area contributed by atoms with E-state index in [0.29, 0.717) is 6.42 Å². The topological polar surface area (TPSA) is 154 Å². The van der Waals surface area contributed by atoms with E-state index >= 15 is 0 Å². The van der Waals surface area contributed by atoms with Crippen LogP contribution in [0.1, 0.15) is 33.6 Å². The average Bonchev–Trinajstić information content (AvgIpc) is 3.02. The van der Waals surface area contributed by atoms with Crippen LogP contribution in [0.25, 0.3) is 0 Å². The van der Waals surface area contributed by atoms with Gasteiger partial charge in [0.1, 0.15) is 5.60 Å². The Bertz CT molecular complexity index is 885. The molecule has 28 heavy (non-hydrogen) atoms. The van der Waals surface area contributed by atoms with Gasteiger partial charge in [-0.2, -0.15) is 4.72 Å². The van der Waals surface area contributed by atoms with Gasteiger partial charge in [-0.25, -0.2) is 18.0 Å². The summed E-state index contributed by atoms with van der Waals surface area (Å²) in [6.07, 6.45) is -0.896. The zero-order valence-corrected chi connectivity index (χ0v) is 16.4. The Morgan fingerprint density at radius 1 is 1.29 bits per heavy atom. The van der Waals surface area contributed by atoms with Crippen LogP contribution >= 0.6 is 0 Å². The minimum absolute atomic E-state index is 0.0194. The first kappa shape index (κ1) is 21.7. The van der Waals surface area contributed by atoms with Crippen molar-refractivity contribution in [1.29, 1.82) is 0 Å². The van der Waals surface area contributed by atoms with E-state index in [1.165, 1.54) is 12.1 Å². The molecule has 0 aliphatic carbocycles. The van der Waals surface area contributed by atoms with Crippen LogP contribution in [0, 0.1) is 10.1 Å². The molecule has 0 spiro atoms. The van der Waals surface area contributed by atoms with Crippen LogP contribution in [0.15, 0.2) is 29.2 Å². The quantitative estimate of drug-likeness (QED) is 0.314. The third-order valence-electron chi connectivity index (χ3n) is 3.73. The van der Waals surface area contributed by atoms with Crippen LogP contribution in [0.2, 0.25) is 0 Å². The molecule has 1 aliphatic heterocycles. The molecule has 1 aromatic carbocycles. The molecule has 2 rings (SSSR count). The summed E-state index contributed by atoms with van der Waals surface area (Å²) in [6, 6.07) is 4.71. The van der Waals surface area contributed by atoms with E-state index in [1.807, 2.05) is 0 Å². The largest absolute Gasteiger partial charge is 0.516 e. The van der Waals surface area contributed by atoms with E-state index < -0.39 is 48.9 Å². The lowest BCUT2D eigenvalue weighted by Gasteiger charge is -2.28. The monoisotopic (exact) mass is 415 g/mol. The summed E-state index contributed by atoms with van der Waals surface area (Å²) in [7, 11) is -4.50. The highest BCUT2D eigenvalue weighted by Gasteiger charge is 2.48. The molecule has 0 saturated carbocycles. The van der Waals surface area contributed by atoms with Gasteiger partial charge in [0.25, 0.3) is 5.69 Å². The molecule has 1 saturated heterocycles. The van der Waals surface area contributed by atoms with E-state index in [1.54, 1.807) is 20.8 Å². The highest BCUT2D eigenvalue weighted by Crippen LogP contribution is 2.27. The molecule has 1 fully saturated rings. The summed E-state index contributed by atoms with van der Waals surface area (Å²) in [5, 5.41) is 13.8. The Hall–Kier alpha value is -2.57. The Balaban J connectivity index is 2.30. The zero-order chi connectivity index (χ0) is 21.2. The lowest BCUT2D eigenvalue weighted by molar-refractivity contribution is -0.387. The minimum Gasteiger partial charge on any atom is -0.428 e. The van der Waals surface area contributed by atoms with Crippen LogP contribution in [0.5, 0.6) is 0 Å². The number of hydrogen-bond acceptors (Lipinski definition) is 9. The molecule has 11 nitrogen and oxygen atoms in total. The molecule has 1 aromatic rings. The number of carbonyl (C=O) groups excluding carboxylic acids is 2. The number of nitro benzene ring substituents is 1. The molecule has 0 radical (unpaired) electrons. The fraction of sp³-hybridized carbons (Fsp3) is 0.500. The highest BCUT2D eigenvalue weighted by atomic mass is 32.2. The summed E-state index contributed by atoms with van der Waals surface area (Å²) < 4.78 is 37.2. The van der Waals surface area contributed by atoms with Crippen molar-refractivity contribution in [3.05, 3.63) is 34.4 Å². The van der Waals surface area contributed by atoms with E-state index in [-0.39, 0.29) is 13.0 Å². The van der Waals surface area contributed by atoms with Gasteiger partial charge >= 0.3 is 12.1 Å². The van der Waals surface area contributed by atoms with Gasteiger partial charge in [0.15, 0.2) is 10.6 Å². The molecule has 154 valence electrons. The number of carbonyl (C=O) groups is 2. The third kappa shape index (κ3) is 5.03. The molecule has 1 heterocycles. The zero-order valence-electron chi connectivity index (χ0n) is 15.6. The number of sulfonamides is 1. The number of rotatable bonds is 5.